The van der Waals surface area contributed by atoms with E-state index < -0.39 is 11.9 Å². The van der Waals surface area contributed by atoms with Crippen LogP contribution in [0.3, 0.4) is 0 Å². The van der Waals surface area contributed by atoms with Crippen LogP contribution in [0.2, 0.25) is 0 Å². The number of nitrogens with one attached hydrogen (secondary N) is 1. The van der Waals surface area contributed by atoms with E-state index in [2.05, 4.69) is 30.0 Å². The van der Waals surface area contributed by atoms with Gasteiger partial charge in [0.2, 0.25) is 5.95 Å². The SMILES string of the molecule is CCc1nnc2n1C[C@H](CNc1nccc(C(F)(F)F)n1)CC2. The van der Waals surface area contributed by atoms with Crippen LogP contribution in [0.1, 0.15) is 30.7 Å². The first-order valence-electron chi connectivity index (χ1n) is 7.52. The zero-order valence-corrected chi connectivity index (χ0v) is 12.6. The van der Waals surface area contributed by atoms with Gasteiger partial charge < -0.3 is 9.88 Å². The Labute approximate surface area is 131 Å². The highest BCUT2D eigenvalue weighted by molar-refractivity contribution is 5.26. The van der Waals surface area contributed by atoms with E-state index in [1.165, 1.54) is 0 Å². The maximum Gasteiger partial charge on any atom is 0.433 e. The summed E-state index contributed by atoms with van der Waals surface area (Å²) in [5, 5.41) is 11.2. The molecule has 0 saturated heterocycles. The van der Waals surface area contributed by atoms with Crippen molar-refractivity contribution in [1.29, 1.82) is 0 Å². The summed E-state index contributed by atoms with van der Waals surface area (Å²) in [7, 11) is 0. The van der Waals surface area contributed by atoms with Crippen molar-refractivity contribution in [2.24, 2.45) is 5.92 Å². The topological polar surface area (TPSA) is 68.5 Å². The fourth-order valence-corrected chi connectivity index (χ4v) is 2.72. The standard InChI is InChI=1S/C14H17F3N6/c1-2-11-21-22-12-4-3-9(8-23(11)12)7-19-13-18-6-5-10(20-13)14(15,16)17/h5-6,9H,2-4,7-8H2,1H3,(H,18,19,20)/t9-/m0/s1. The first kappa shape index (κ1) is 15.7. The lowest BCUT2D eigenvalue weighted by molar-refractivity contribution is -0.141. The van der Waals surface area contributed by atoms with Gasteiger partial charge in [-0.25, -0.2) is 9.97 Å². The quantitative estimate of drug-likeness (QED) is 0.934. The maximum absolute atomic E-state index is 12.6. The second-order valence-corrected chi connectivity index (χ2v) is 5.55. The molecule has 0 fully saturated rings. The Balaban J connectivity index is 1.63. The second-order valence-electron chi connectivity index (χ2n) is 5.55. The van der Waals surface area contributed by atoms with Gasteiger partial charge in [-0.05, 0) is 18.4 Å². The molecule has 0 spiro atoms. The first-order valence-corrected chi connectivity index (χ1v) is 7.52. The number of nitrogens with zero attached hydrogens (tertiary/aromatic N) is 5. The molecule has 0 amide bonds. The Bertz CT molecular complexity index is 668. The van der Waals surface area contributed by atoms with E-state index in [9.17, 15) is 13.2 Å². The lowest BCUT2D eigenvalue weighted by Crippen LogP contribution is -2.27. The van der Waals surface area contributed by atoms with Gasteiger partial charge in [0.15, 0.2) is 0 Å². The fraction of sp³-hybridized carbons (Fsp3) is 0.571. The second kappa shape index (κ2) is 6.13. The van der Waals surface area contributed by atoms with E-state index in [-0.39, 0.29) is 11.9 Å². The van der Waals surface area contributed by atoms with Crippen LogP contribution >= 0.6 is 0 Å². The Morgan fingerprint density at radius 3 is 2.91 bits per heavy atom. The smallest absolute Gasteiger partial charge is 0.354 e. The maximum atomic E-state index is 12.6. The Morgan fingerprint density at radius 1 is 1.35 bits per heavy atom. The first-order chi connectivity index (χ1) is 11.0. The van der Waals surface area contributed by atoms with Crippen molar-refractivity contribution in [3.63, 3.8) is 0 Å². The van der Waals surface area contributed by atoms with Crippen molar-refractivity contribution in [2.45, 2.75) is 38.9 Å². The van der Waals surface area contributed by atoms with Crippen LogP contribution < -0.4 is 5.32 Å². The minimum atomic E-state index is -4.46. The molecular formula is C14H17F3N6. The van der Waals surface area contributed by atoms with Crippen molar-refractivity contribution in [3.05, 3.63) is 29.6 Å². The monoisotopic (exact) mass is 326 g/mol. The third kappa shape index (κ3) is 3.43. The average molecular weight is 326 g/mol. The summed E-state index contributed by atoms with van der Waals surface area (Å²) in [6.07, 6.45) is -0.801. The van der Waals surface area contributed by atoms with Gasteiger partial charge >= 0.3 is 6.18 Å². The van der Waals surface area contributed by atoms with Crippen LogP contribution in [-0.2, 0) is 25.6 Å². The van der Waals surface area contributed by atoms with Crippen LogP contribution in [0.25, 0.3) is 0 Å². The van der Waals surface area contributed by atoms with Crippen LogP contribution in [0.15, 0.2) is 12.3 Å². The molecule has 1 aliphatic heterocycles. The van der Waals surface area contributed by atoms with Gasteiger partial charge in [0, 0.05) is 32.1 Å². The molecule has 6 nitrogen and oxygen atoms in total. The zero-order valence-electron chi connectivity index (χ0n) is 12.6. The number of rotatable bonds is 4. The minimum absolute atomic E-state index is 0.00472. The number of aryl methyl sites for hydroxylation is 2. The molecule has 2 aromatic rings. The minimum Gasteiger partial charge on any atom is -0.354 e. The van der Waals surface area contributed by atoms with Gasteiger partial charge in [-0.3, -0.25) is 0 Å². The Hall–Kier alpha value is -2.19. The average Bonchev–Trinajstić information content (AvgIpc) is 2.94. The van der Waals surface area contributed by atoms with Crippen molar-refractivity contribution in [3.8, 4) is 0 Å². The van der Waals surface area contributed by atoms with Gasteiger partial charge in [0.1, 0.15) is 17.3 Å². The van der Waals surface area contributed by atoms with Gasteiger partial charge in [0.25, 0.3) is 0 Å². The van der Waals surface area contributed by atoms with Crippen molar-refractivity contribution < 1.29 is 13.2 Å². The van der Waals surface area contributed by atoms with Crippen LogP contribution in [-0.4, -0.2) is 31.3 Å². The number of fused-ring (bicyclic) bond motifs is 1. The van der Waals surface area contributed by atoms with Crippen molar-refractivity contribution in [2.75, 3.05) is 11.9 Å². The fourth-order valence-electron chi connectivity index (χ4n) is 2.72. The number of alkyl halides is 3. The third-order valence-corrected chi connectivity index (χ3v) is 3.93. The summed E-state index contributed by atoms with van der Waals surface area (Å²) < 4.78 is 40.0. The molecule has 2 aromatic heterocycles. The van der Waals surface area contributed by atoms with Crippen LogP contribution in [0, 0.1) is 5.92 Å². The summed E-state index contributed by atoms with van der Waals surface area (Å²) in [5.41, 5.74) is -0.937. The highest BCUT2D eigenvalue weighted by Gasteiger charge is 2.32. The lowest BCUT2D eigenvalue weighted by atomic mass is 9.99. The Kier molecular flexibility index (Phi) is 4.18. The van der Waals surface area contributed by atoms with Crippen LogP contribution in [0.5, 0.6) is 0 Å². The molecule has 0 aliphatic carbocycles. The highest BCUT2D eigenvalue weighted by atomic mass is 19.4. The lowest BCUT2D eigenvalue weighted by Gasteiger charge is -2.24. The molecule has 1 atom stereocenters. The molecular weight excluding hydrogens is 309 g/mol. The van der Waals surface area contributed by atoms with E-state index in [1.54, 1.807) is 0 Å². The normalized spacial score (nSPS) is 17.8. The summed E-state index contributed by atoms with van der Waals surface area (Å²) in [4.78, 5) is 7.37. The predicted octanol–water partition coefficient (Wildman–Crippen LogP) is 2.32. The van der Waals surface area contributed by atoms with Gasteiger partial charge in [-0.2, -0.15) is 13.2 Å². The molecule has 23 heavy (non-hydrogen) atoms. The van der Waals surface area contributed by atoms with Crippen molar-refractivity contribution in [1.82, 2.24) is 24.7 Å². The van der Waals surface area contributed by atoms with E-state index in [4.69, 9.17) is 0 Å². The molecule has 0 radical (unpaired) electrons. The highest BCUT2D eigenvalue weighted by Crippen LogP contribution is 2.27. The molecule has 0 saturated carbocycles. The predicted molar refractivity (Wildman–Crippen MR) is 76.7 cm³/mol. The molecule has 0 aromatic carbocycles. The van der Waals surface area contributed by atoms with E-state index in [0.717, 1.165) is 49.7 Å². The van der Waals surface area contributed by atoms with Gasteiger partial charge in [-0.1, -0.05) is 6.92 Å². The summed E-state index contributed by atoms with van der Waals surface area (Å²) in [6.45, 7) is 3.30. The molecule has 124 valence electrons. The Morgan fingerprint density at radius 2 is 2.17 bits per heavy atom. The third-order valence-electron chi connectivity index (χ3n) is 3.93. The van der Waals surface area contributed by atoms with Gasteiger partial charge in [-0.15, -0.1) is 10.2 Å². The summed E-state index contributed by atoms with van der Waals surface area (Å²) in [5.74, 6) is 2.21. The molecule has 3 heterocycles. The molecule has 9 heteroatoms. The number of hydrogen-bond donors (Lipinski definition) is 1. The molecule has 1 N–H and O–H groups in total. The molecule has 3 rings (SSSR count). The molecule has 0 bridgehead atoms. The van der Waals surface area contributed by atoms with E-state index in [1.807, 2.05) is 6.92 Å². The zero-order chi connectivity index (χ0) is 16.4. The van der Waals surface area contributed by atoms with Crippen molar-refractivity contribution >= 4 is 5.95 Å². The molecule has 1 aliphatic rings. The largest absolute Gasteiger partial charge is 0.433 e. The summed E-state index contributed by atoms with van der Waals surface area (Å²) >= 11 is 0. The van der Waals surface area contributed by atoms with E-state index >= 15 is 0 Å². The van der Waals surface area contributed by atoms with Gasteiger partial charge in [0.05, 0.1) is 0 Å². The number of halogens is 3. The number of anilines is 1. The van der Waals surface area contributed by atoms with Crippen LogP contribution in [0.4, 0.5) is 19.1 Å². The number of aromatic nitrogens is 5. The molecule has 0 unspecified atom stereocenters. The summed E-state index contributed by atoms with van der Waals surface area (Å²) in [6, 6.07) is 0.864. The van der Waals surface area contributed by atoms with E-state index in [0.29, 0.717) is 6.54 Å². The number of hydrogen-bond acceptors (Lipinski definition) is 5.